The van der Waals surface area contributed by atoms with Gasteiger partial charge in [-0.1, -0.05) is 0 Å². The average molecular weight is 255 g/mol. The molecule has 17 heavy (non-hydrogen) atoms. The third kappa shape index (κ3) is 2.38. The first-order valence-electron chi connectivity index (χ1n) is 5.27. The van der Waals surface area contributed by atoms with Crippen LogP contribution in [-0.2, 0) is 4.79 Å². The van der Waals surface area contributed by atoms with E-state index < -0.39 is 17.5 Å². The standard InChI is InChI=1S/C10H13N3O3S/c1-6-5-11-9(17-6)12-8(16)13-10(7(14)15)3-2-4-10/h5H,2-4H2,1H3,(H,14,15)(H2,11,12,13,16). The fraction of sp³-hybridized carbons (Fsp3) is 0.500. The molecule has 0 saturated heterocycles. The molecule has 6 nitrogen and oxygen atoms in total. The third-order valence-corrected chi connectivity index (χ3v) is 3.64. The summed E-state index contributed by atoms with van der Waals surface area (Å²) in [6, 6.07) is -0.513. The minimum absolute atomic E-state index is 0.472. The van der Waals surface area contributed by atoms with E-state index in [0.717, 1.165) is 11.3 Å². The Balaban J connectivity index is 1.95. The summed E-state index contributed by atoms with van der Waals surface area (Å²) < 4.78 is 0. The highest BCUT2D eigenvalue weighted by Crippen LogP contribution is 2.32. The van der Waals surface area contributed by atoms with Crippen molar-refractivity contribution in [2.24, 2.45) is 0 Å². The van der Waals surface area contributed by atoms with E-state index in [9.17, 15) is 9.59 Å². The van der Waals surface area contributed by atoms with Gasteiger partial charge in [0.2, 0.25) is 0 Å². The summed E-state index contributed by atoms with van der Waals surface area (Å²) in [6.07, 6.45) is 3.43. The van der Waals surface area contributed by atoms with Crippen LogP contribution in [0.4, 0.5) is 9.93 Å². The van der Waals surface area contributed by atoms with Crippen LogP contribution in [0.5, 0.6) is 0 Å². The molecule has 2 amide bonds. The lowest BCUT2D eigenvalue weighted by Crippen LogP contribution is -2.60. The molecule has 7 heteroatoms. The number of aromatic nitrogens is 1. The van der Waals surface area contributed by atoms with Crippen LogP contribution >= 0.6 is 11.3 Å². The molecule has 0 aromatic carbocycles. The number of amides is 2. The molecule has 1 aliphatic rings. The van der Waals surface area contributed by atoms with Crippen LogP contribution in [-0.4, -0.2) is 27.6 Å². The van der Waals surface area contributed by atoms with Gasteiger partial charge in [-0.3, -0.25) is 5.32 Å². The first-order chi connectivity index (χ1) is 8.02. The number of hydrogen-bond acceptors (Lipinski definition) is 4. The number of carbonyl (C=O) groups is 2. The maximum Gasteiger partial charge on any atom is 0.329 e. The van der Waals surface area contributed by atoms with Crippen molar-refractivity contribution in [2.45, 2.75) is 31.7 Å². The molecule has 92 valence electrons. The van der Waals surface area contributed by atoms with Crippen molar-refractivity contribution < 1.29 is 14.7 Å². The molecule has 0 aliphatic heterocycles. The summed E-state index contributed by atoms with van der Waals surface area (Å²) in [5.74, 6) is -0.978. The molecule has 1 fully saturated rings. The van der Waals surface area contributed by atoms with E-state index in [0.29, 0.717) is 18.0 Å². The van der Waals surface area contributed by atoms with Gasteiger partial charge in [-0.2, -0.15) is 0 Å². The number of hydrogen-bond donors (Lipinski definition) is 3. The van der Waals surface area contributed by atoms with Gasteiger partial charge < -0.3 is 10.4 Å². The topological polar surface area (TPSA) is 91.3 Å². The van der Waals surface area contributed by atoms with Crippen molar-refractivity contribution >= 4 is 28.5 Å². The number of aliphatic carboxylic acids is 1. The van der Waals surface area contributed by atoms with E-state index in [-0.39, 0.29) is 0 Å². The first kappa shape index (κ1) is 11.8. The summed E-state index contributed by atoms with van der Waals surface area (Å²) >= 11 is 1.35. The van der Waals surface area contributed by atoms with Gasteiger partial charge in [-0.05, 0) is 26.2 Å². The normalized spacial score (nSPS) is 17.0. The summed E-state index contributed by atoms with van der Waals surface area (Å²) in [6.45, 7) is 1.88. The highest BCUT2D eigenvalue weighted by Gasteiger charge is 2.45. The first-order valence-corrected chi connectivity index (χ1v) is 6.08. The van der Waals surface area contributed by atoms with Crippen LogP contribution in [0, 0.1) is 6.92 Å². The van der Waals surface area contributed by atoms with Gasteiger partial charge in [0.05, 0.1) is 0 Å². The Morgan fingerprint density at radius 2 is 2.24 bits per heavy atom. The number of urea groups is 1. The fourth-order valence-electron chi connectivity index (χ4n) is 1.68. The fourth-order valence-corrected chi connectivity index (χ4v) is 2.34. The minimum Gasteiger partial charge on any atom is -0.480 e. The number of aryl methyl sites for hydroxylation is 1. The van der Waals surface area contributed by atoms with Gasteiger partial charge in [0.1, 0.15) is 5.54 Å². The molecular formula is C10H13N3O3S. The predicted octanol–water partition coefficient (Wildman–Crippen LogP) is 1.58. The summed E-state index contributed by atoms with van der Waals surface area (Å²) in [7, 11) is 0. The lowest BCUT2D eigenvalue weighted by atomic mass is 9.77. The predicted molar refractivity (Wildman–Crippen MR) is 63.2 cm³/mol. The van der Waals surface area contributed by atoms with Gasteiger partial charge in [-0.25, -0.2) is 14.6 Å². The summed E-state index contributed by atoms with van der Waals surface area (Å²) in [4.78, 5) is 27.6. The molecule has 1 aromatic rings. The van der Waals surface area contributed by atoms with Crippen molar-refractivity contribution in [2.75, 3.05) is 5.32 Å². The molecule has 0 unspecified atom stereocenters. The molecule has 1 aliphatic carbocycles. The third-order valence-electron chi connectivity index (χ3n) is 2.81. The van der Waals surface area contributed by atoms with Gasteiger partial charge >= 0.3 is 12.0 Å². The smallest absolute Gasteiger partial charge is 0.329 e. The molecule has 0 spiro atoms. The Morgan fingerprint density at radius 1 is 1.53 bits per heavy atom. The highest BCUT2D eigenvalue weighted by atomic mass is 32.1. The van der Waals surface area contributed by atoms with Crippen molar-refractivity contribution in [1.29, 1.82) is 0 Å². The zero-order valence-electron chi connectivity index (χ0n) is 9.32. The van der Waals surface area contributed by atoms with E-state index in [2.05, 4.69) is 15.6 Å². The number of nitrogens with zero attached hydrogens (tertiary/aromatic N) is 1. The Hall–Kier alpha value is -1.63. The number of carboxylic acids is 1. The quantitative estimate of drug-likeness (QED) is 0.764. The summed E-state index contributed by atoms with van der Waals surface area (Å²) in [5.41, 5.74) is -1.09. The number of thiazole rings is 1. The van der Waals surface area contributed by atoms with Gasteiger partial charge in [0.15, 0.2) is 5.13 Å². The number of carboxylic acid groups (broad SMARTS) is 1. The zero-order chi connectivity index (χ0) is 12.5. The van der Waals surface area contributed by atoms with Crippen molar-refractivity contribution in [3.8, 4) is 0 Å². The monoisotopic (exact) mass is 255 g/mol. The maximum atomic E-state index is 11.6. The van der Waals surface area contributed by atoms with E-state index in [1.807, 2.05) is 6.92 Å². The highest BCUT2D eigenvalue weighted by molar-refractivity contribution is 7.15. The van der Waals surface area contributed by atoms with E-state index in [1.165, 1.54) is 11.3 Å². The van der Waals surface area contributed by atoms with E-state index in [4.69, 9.17) is 5.11 Å². The van der Waals surface area contributed by atoms with Crippen molar-refractivity contribution in [1.82, 2.24) is 10.3 Å². The minimum atomic E-state index is -1.09. The van der Waals surface area contributed by atoms with Crippen molar-refractivity contribution in [3.63, 3.8) is 0 Å². The molecule has 0 radical (unpaired) electrons. The molecule has 2 rings (SSSR count). The zero-order valence-corrected chi connectivity index (χ0v) is 10.1. The van der Waals surface area contributed by atoms with Crippen LogP contribution in [0.25, 0.3) is 0 Å². The van der Waals surface area contributed by atoms with Crippen LogP contribution in [0.2, 0.25) is 0 Å². The molecule has 1 heterocycles. The lowest BCUT2D eigenvalue weighted by molar-refractivity contribution is -0.148. The van der Waals surface area contributed by atoms with Crippen LogP contribution in [0.15, 0.2) is 6.20 Å². The van der Waals surface area contributed by atoms with Crippen molar-refractivity contribution in [3.05, 3.63) is 11.1 Å². The van der Waals surface area contributed by atoms with Gasteiger partial charge in [0, 0.05) is 11.1 Å². The Morgan fingerprint density at radius 3 is 2.65 bits per heavy atom. The molecule has 0 bridgehead atoms. The van der Waals surface area contributed by atoms with Crippen LogP contribution < -0.4 is 10.6 Å². The number of rotatable bonds is 3. The second-order valence-electron chi connectivity index (χ2n) is 4.10. The Labute approximate surface area is 102 Å². The molecule has 0 atom stereocenters. The Bertz CT molecular complexity index is 453. The van der Waals surface area contributed by atoms with Gasteiger partial charge in [0.25, 0.3) is 0 Å². The number of carbonyl (C=O) groups excluding carboxylic acids is 1. The second kappa shape index (κ2) is 4.33. The van der Waals surface area contributed by atoms with Crippen LogP contribution in [0.3, 0.4) is 0 Å². The molecule has 1 aromatic heterocycles. The lowest BCUT2D eigenvalue weighted by Gasteiger charge is -2.37. The largest absolute Gasteiger partial charge is 0.480 e. The Kier molecular flexibility index (Phi) is 3.01. The number of nitrogens with one attached hydrogen (secondary N) is 2. The maximum absolute atomic E-state index is 11.6. The average Bonchev–Trinajstić information content (AvgIpc) is 2.57. The molecular weight excluding hydrogens is 242 g/mol. The van der Waals surface area contributed by atoms with Gasteiger partial charge in [-0.15, -0.1) is 11.3 Å². The number of anilines is 1. The summed E-state index contributed by atoms with van der Waals surface area (Å²) in [5, 5.41) is 14.6. The van der Waals surface area contributed by atoms with E-state index in [1.54, 1.807) is 6.20 Å². The molecule has 3 N–H and O–H groups in total. The van der Waals surface area contributed by atoms with Crippen LogP contribution in [0.1, 0.15) is 24.1 Å². The SMILES string of the molecule is Cc1cnc(NC(=O)NC2(C(=O)O)CCC2)s1. The van der Waals surface area contributed by atoms with E-state index >= 15 is 0 Å². The molecule has 1 saturated carbocycles. The second-order valence-corrected chi connectivity index (χ2v) is 5.33.